The zero-order chi connectivity index (χ0) is 13.8. The summed E-state index contributed by atoms with van der Waals surface area (Å²) in [7, 11) is 0. The average Bonchev–Trinajstić information content (AvgIpc) is 3.14. The summed E-state index contributed by atoms with van der Waals surface area (Å²) >= 11 is 0. The van der Waals surface area contributed by atoms with Crippen molar-refractivity contribution in [2.24, 2.45) is 11.8 Å². The van der Waals surface area contributed by atoms with Crippen LogP contribution in [0.1, 0.15) is 31.9 Å². The van der Waals surface area contributed by atoms with E-state index in [0.717, 1.165) is 12.0 Å². The fraction of sp³-hybridized carbons (Fsp3) is 0.467. The molecule has 1 aromatic carbocycles. The van der Waals surface area contributed by atoms with Crippen LogP contribution in [0.4, 0.5) is 0 Å². The standard InChI is InChI=1S/C15H19NO3/c1-10-8-13(10)15(18)19-9-14(17)16-11(2)12-6-4-3-5-7-12/h3-7,10-11,13H,8-9H2,1-2H3,(H,16,17). The van der Waals surface area contributed by atoms with Crippen LogP contribution < -0.4 is 5.32 Å². The van der Waals surface area contributed by atoms with Crippen LogP contribution in [0.5, 0.6) is 0 Å². The van der Waals surface area contributed by atoms with Gasteiger partial charge in [-0.05, 0) is 24.8 Å². The number of hydrogen-bond donors (Lipinski definition) is 1. The van der Waals surface area contributed by atoms with E-state index in [0.29, 0.717) is 5.92 Å². The lowest BCUT2D eigenvalue weighted by Crippen LogP contribution is -2.31. The van der Waals surface area contributed by atoms with Crippen molar-refractivity contribution in [3.8, 4) is 0 Å². The summed E-state index contributed by atoms with van der Waals surface area (Å²) in [5.74, 6) is -0.119. The molecule has 1 amide bonds. The fourth-order valence-electron chi connectivity index (χ4n) is 2.00. The van der Waals surface area contributed by atoms with E-state index < -0.39 is 0 Å². The first-order valence-electron chi connectivity index (χ1n) is 6.59. The Kier molecular flexibility index (Phi) is 4.20. The van der Waals surface area contributed by atoms with Gasteiger partial charge >= 0.3 is 5.97 Å². The molecular weight excluding hydrogens is 242 g/mol. The van der Waals surface area contributed by atoms with Crippen LogP contribution >= 0.6 is 0 Å². The first kappa shape index (κ1) is 13.6. The summed E-state index contributed by atoms with van der Waals surface area (Å²) in [6.45, 7) is 3.71. The lowest BCUT2D eigenvalue weighted by molar-refractivity contribution is -0.150. The van der Waals surface area contributed by atoms with Gasteiger partial charge in [0.1, 0.15) is 0 Å². The molecule has 3 atom stereocenters. The number of benzene rings is 1. The van der Waals surface area contributed by atoms with Crippen LogP contribution in [0, 0.1) is 11.8 Å². The Balaban J connectivity index is 1.73. The summed E-state index contributed by atoms with van der Waals surface area (Å²) in [6, 6.07) is 9.58. The molecule has 1 aliphatic carbocycles. The Morgan fingerprint density at radius 1 is 1.37 bits per heavy atom. The third-order valence-electron chi connectivity index (χ3n) is 3.43. The van der Waals surface area contributed by atoms with E-state index in [1.165, 1.54) is 0 Å². The third kappa shape index (κ3) is 3.81. The Morgan fingerprint density at radius 2 is 2.00 bits per heavy atom. The van der Waals surface area contributed by atoms with Gasteiger partial charge in [-0.25, -0.2) is 0 Å². The first-order chi connectivity index (χ1) is 9.08. The van der Waals surface area contributed by atoms with Crippen molar-refractivity contribution < 1.29 is 14.3 Å². The number of rotatable bonds is 5. The molecule has 2 rings (SSSR count). The smallest absolute Gasteiger partial charge is 0.309 e. The maximum Gasteiger partial charge on any atom is 0.309 e. The Morgan fingerprint density at radius 3 is 2.58 bits per heavy atom. The van der Waals surface area contributed by atoms with Gasteiger partial charge in [-0.3, -0.25) is 9.59 Å². The van der Waals surface area contributed by atoms with Gasteiger partial charge in [0.2, 0.25) is 0 Å². The second-order valence-corrected chi connectivity index (χ2v) is 5.13. The van der Waals surface area contributed by atoms with Crippen molar-refractivity contribution in [2.45, 2.75) is 26.3 Å². The quantitative estimate of drug-likeness (QED) is 0.825. The van der Waals surface area contributed by atoms with Gasteiger partial charge < -0.3 is 10.1 Å². The maximum atomic E-state index is 11.7. The topological polar surface area (TPSA) is 55.4 Å². The number of ether oxygens (including phenoxy) is 1. The lowest BCUT2D eigenvalue weighted by Gasteiger charge is -2.14. The zero-order valence-corrected chi connectivity index (χ0v) is 11.3. The van der Waals surface area contributed by atoms with E-state index in [1.54, 1.807) is 0 Å². The van der Waals surface area contributed by atoms with Gasteiger partial charge in [-0.1, -0.05) is 37.3 Å². The molecule has 0 spiro atoms. The van der Waals surface area contributed by atoms with Crippen LogP contribution in [-0.4, -0.2) is 18.5 Å². The Hall–Kier alpha value is -1.84. The number of carbonyl (C=O) groups excluding carboxylic acids is 2. The molecule has 4 heteroatoms. The van der Waals surface area contributed by atoms with Gasteiger partial charge in [-0.15, -0.1) is 0 Å². The molecule has 3 unspecified atom stereocenters. The molecule has 0 aliphatic heterocycles. The van der Waals surface area contributed by atoms with Gasteiger partial charge in [-0.2, -0.15) is 0 Å². The Bertz CT molecular complexity index is 458. The van der Waals surface area contributed by atoms with Gasteiger partial charge in [0.05, 0.1) is 12.0 Å². The zero-order valence-electron chi connectivity index (χ0n) is 11.3. The van der Waals surface area contributed by atoms with Crippen LogP contribution in [0.15, 0.2) is 30.3 Å². The fourth-order valence-corrected chi connectivity index (χ4v) is 2.00. The molecule has 0 aromatic heterocycles. The normalized spacial score (nSPS) is 22.4. The maximum absolute atomic E-state index is 11.7. The average molecular weight is 261 g/mol. The van der Waals surface area contributed by atoms with Crippen molar-refractivity contribution in [3.05, 3.63) is 35.9 Å². The lowest BCUT2D eigenvalue weighted by atomic mass is 10.1. The Labute approximate surface area is 113 Å². The predicted molar refractivity (Wildman–Crippen MR) is 71.2 cm³/mol. The van der Waals surface area contributed by atoms with Crippen molar-refractivity contribution >= 4 is 11.9 Å². The second-order valence-electron chi connectivity index (χ2n) is 5.13. The van der Waals surface area contributed by atoms with E-state index in [4.69, 9.17) is 4.74 Å². The highest BCUT2D eigenvalue weighted by atomic mass is 16.5. The van der Waals surface area contributed by atoms with Crippen LogP contribution in [0.25, 0.3) is 0 Å². The molecule has 0 radical (unpaired) electrons. The molecule has 0 bridgehead atoms. The van der Waals surface area contributed by atoms with Crippen LogP contribution in [0.3, 0.4) is 0 Å². The SMILES string of the molecule is CC(NC(=O)COC(=O)C1CC1C)c1ccccc1. The predicted octanol–water partition coefficient (Wildman–Crippen LogP) is 2.06. The molecule has 1 aromatic rings. The molecule has 1 fully saturated rings. The van der Waals surface area contributed by atoms with E-state index in [2.05, 4.69) is 5.32 Å². The van der Waals surface area contributed by atoms with E-state index in [9.17, 15) is 9.59 Å². The highest BCUT2D eigenvalue weighted by Gasteiger charge is 2.40. The minimum atomic E-state index is -0.266. The van der Waals surface area contributed by atoms with E-state index in [-0.39, 0.29) is 30.4 Å². The molecule has 1 aliphatic rings. The second kappa shape index (κ2) is 5.87. The van der Waals surface area contributed by atoms with Gasteiger partial charge in [0.15, 0.2) is 6.61 Å². The molecule has 19 heavy (non-hydrogen) atoms. The number of carbonyl (C=O) groups is 2. The summed E-state index contributed by atoms with van der Waals surface area (Å²) in [6.07, 6.45) is 0.876. The highest BCUT2D eigenvalue weighted by Crippen LogP contribution is 2.38. The molecule has 0 saturated heterocycles. The minimum absolute atomic E-state index is 0.000605. The number of nitrogens with one attached hydrogen (secondary N) is 1. The van der Waals surface area contributed by atoms with Gasteiger partial charge in [0, 0.05) is 0 Å². The summed E-state index contributed by atoms with van der Waals surface area (Å²) in [4.78, 5) is 23.1. The minimum Gasteiger partial charge on any atom is -0.455 e. The summed E-state index contributed by atoms with van der Waals surface area (Å²) in [5, 5.41) is 2.81. The van der Waals surface area contributed by atoms with E-state index >= 15 is 0 Å². The van der Waals surface area contributed by atoms with E-state index in [1.807, 2.05) is 44.2 Å². The highest BCUT2D eigenvalue weighted by molar-refractivity contribution is 5.82. The molecule has 1 N–H and O–H groups in total. The van der Waals surface area contributed by atoms with Crippen molar-refractivity contribution in [3.63, 3.8) is 0 Å². The molecular formula is C15H19NO3. The number of amides is 1. The molecule has 1 saturated carbocycles. The summed E-state index contributed by atoms with van der Waals surface area (Å²) < 4.78 is 4.98. The summed E-state index contributed by atoms with van der Waals surface area (Å²) in [5.41, 5.74) is 1.03. The third-order valence-corrected chi connectivity index (χ3v) is 3.43. The van der Waals surface area contributed by atoms with Gasteiger partial charge in [0.25, 0.3) is 5.91 Å². The van der Waals surface area contributed by atoms with Crippen molar-refractivity contribution in [2.75, 3.05) is 6.61 Å². The first-order valence-corrected chi connectivity index (χ1v) is 6.59. The number of hydrogen-bond acceptors (Lipinski definition) is 3. The molecule has 102 valence electrons. The van der Waals surface area contributed by atoms with Crippen molar-refractivity contribution in [1.82, 2.24) is 5.32 Å². The monoisotopic (exact) mass is 261 g/mol. The van der Waals surface area contributed by atoms with Crippen LogP contribution in [-0.2, 0) is 14.3 Å². The number of esters is 1. The van der Waals surface area contributed by atoms with Crippen LogP contribution in [0.2, 0.25) is 0 Å². The molecule has 4 nitrogen and oxygen atoms in total. The molecule has 0 heterocycles. The largest absolute Gasteiger partial charge is 0.455 e. The van der Waals surface area contributed by atoms with Crippen molar-refractivity contribution in [1.29, 1.82) is 0 Å².